The van der Waals surface area contributed by atoms with Crippen molar-refractivity contribution in [2.24, 2.45) is 0 Å². The molecule has 0 saturated carbocycles. The van der Waals surface area contributed by atoms with Gasteiger partial charge in [0.2, 0.25) is 5.88 Å². The Hall–Kier alpha value is -2.48. The molecule has 24 heavy (non-hydrogen) atoms. The number of nitrogens with zero attached hydrogens (tertiary/aromatic N) is 2. The van der Waals surface area contributed by atoms with E-state index >= 15 is 0 Å². The molecule has 6 heteroatoms. The van der Waals surface area contributed by atoms with Crippen LogP contribution in [-0.4, -0.2) is 23.2 Å². The summed E-state index contributed by atoms with van der Waals surface area (Å²) in [6.07, 6.45) is 0. The predicted molar refractivity (Wildman–Crippen MR) is 101 cm³/mol. The van der Waals surface area contributed by atoms with Crippen molar-refractivity contribution < 1.29 is 9.53 Å². The first-order valence-corrected chi connectivity index (χ1v) is 8.29. The molecule has 0 saturated heterocycles. The van der Waals surface area contributed by atoms with Crippen molar-refractivity contribution in [2.75, 3.05) is 12.4 Å². The van der Waals surface area contributed by atoms with Crippen LogP contribution in [0.4, 0.5) is 5.69 Å². The second-order valence-corrected chi connectivity index (χ2v) is 6.13. The van der Waals surface area contributed by atoms with Gasteiger partial charge >= 0.3 is 0 Å². The topological polar surface area (TPSA) is 64.1 Å². The smallest absolute Gasteiger partial charge is 0.256 e. The average molecular weight is 431 g/mol. The van der Waals surface area contributed by atoms with Gasteiger partial charge in [0, 0.05) is 20.9 Å². The lowest BCUT2D eigenvalue weighted by molar-refractivity contribution is 0.102. The monoisotopic (exact) mass is 431 g/mol. The van der Waals surface area contributed by atoms with Gasteiger partial charge in [-0.15, -0.1) is 10.2 Å². The fourth-order valence-electron chi connectivity index (χ4n) is 2.15. The van der Waals surface area contributed by atoms with Gasteiger partial charge in [-0.1, -0.05) is 24.3 Å². The van der Waals surface area contributed by atoms with E-state index in [1.165, 1.54) is 0 Å². The van der Waals surface area contributed by atoms with Crippen LogP contribution in [0.2, 0.25) is 0 Å². The molecule has 120 valence electrons. The van der Waals surface area contributed by atoms with Crippen LogP contribution in [0.3, 0.4) is 0 Å². The highest BCUT2D eigenvalue weighted by Crippen LogP contribution is 2.21. The number of amides is 1. The zero-order valence-electron chi connectivity index (χ0n) is 12.9. The molecule has 0 spiro atoms. The number of methoxy groups -OCH3 is 1. The number of ether oxygens (including phenoxy) is 1. The molecular formula is C18H14IN3O2. The van der Waals surface area contributed by atoms with Gasteiger partial charge < -0.3 is 10.1 Å². The molecule has 1 N–H and O–H groups in total. The van der Waals surface area contributed by atoms with E-state index in [9.17, 15) is 4.79 Å². The number of carbonyl (C=O) groups is 1. The fourth-order valence-corrected chi connectivity index (χ4v) is 2.78. The quantitative estimate of drug-likeness (QED) is 0.635. The zero-order valence-corrected chi connectivity index (χ0v) is 15.0. The van der Waals surface area contributed by atoms with Crippen LogP contribution in [0.25, 0.3) is 11.3 Å². The molecule has 0 aliphatic heterocycles. The van der Waals surface area contributed by atoms with Crippen LogP contribution < -0.4 is 10.1 Å². The summed E-state index contributed by atoms with van der Waals surface area (Å²) in [6.45, 7) is 0. The SMILES string of the molecule is COc1ccc(-c2ccc(NC(=O)c3ccccc3I)cc2)nn1. The highest BCUT2D eigenvalue weighted by molar-refractivity contribution is 14.1. The first kappa shape index (κ1) is 16.4. The fraction of sp³-hybridized carbons (Fsp3) is 0.0556. The van der Waals surface area contributed by atoms with Crippen LogP contribution in [0, 0.1) is 3.57 Å². The third kappa shape index (κ3) is 3.70. The molecule has 3 aromatic rings. The third-order valence-corrected chi connectivity index (χ3v) is 4.35. The van der Waals surface area contributed by atoms with Gasteiger partial charge in [0.25, 0.3) is 5.91 Å². The Labute approximate surface area is 153 Å². The summed E-state index contributed by atoms with van der Waals surface area (Å²) >= 11 is 2.15. The second kappa shape index (κ2) is 7.39. The van der Waals surface area contributed by atoms with Crippen molar-refractivity contribution in [3.63, 3.8) is 0 Å². The van der Waals surface area contributed by atoms with E-state index in [-0.39, 0.29) is 5.91 Å². The van der Waals surface area contributed by atoms with Crippen molar-refractivity contribution in [2.45, 2.75) is 0 Å². The standard InChI is InChI=1S/C18H14IN3O2/c1-24-17-11-10-16(21-22-17)12-6-8-13(9-7-12)20-18(23)14-4-2-3-5-15(14)19/h2-11H,1H3,(H,20,23). The Morgan fingerprint density at radius 2 is 1.75 bits per heavy atom. The highest BCUT2D eigenvalue weighted by atomic mass is 127. The van der Waals surface area contributed by atoms with Gasteiger partial charge in [-0.3, -0.25) is 4.79 Å². The molecule has 0 aliphatic rings. The molecule has 2 aromatic carbocycles. The first-order valence-electron chi connectivity index (χ1n) is 7.21. The van der Waals surface area contributed by atoms with E-state index in [2.05, 4.69) is 38.1 Å². The predicted octanol–water partition coefficient (Wildman–Crippen LogP) is 4.01. The molecule has 3 rings (SSSR count). The van der Waals surface area contributed by atoms with Gasteiger partial charge in [-0.2, -0.15) is 0 Å². The van der Waals surface area contributed by atoms with Crippen LogP contribution >= 0.6 is 22.6 Å². The number of anilines is 1. The molecule has 1 heterocycles. The van der Waals surface area contributed by atoms with Crippen molar-refractivity contribution in [1.29, 1.82) is 0 Å². The summed E-state index contributed by atoms with van der Waals surface area (Å²) in [4.78, 5) is 12.3. The van der Waals surface area contributed by atoms with E-state index < -0.39 is 0 Å². The maximum absolute atomic E-state index is 12.3. The van der Waals surface area contributed by atoms with Crippen molar-refractivity contribution in [3.05, 3.63) is 69.8 Å². The Morgan fingerprint density at radius 1 is 1.00 bits per heavy atom. The maximum atomic E-state index is 12.3. The molecule has 0 fully saturated rings. The number of carbonyl (C=O) groups excluding carboxylic acids is 1. The second-order valence-electron chi connectivity index (χ2n) is 4.97. The van der Waals surface area contributed by atoms with Crippen molar-refractivity contribution >= 4 is 34.2 Å². The number of aromatic nitrogens is 2. The maximum Gasteiger partial charge on any atom is 0.256 e. The van der Waals surface area contributed by atoms with Crippen LogP contribution in [0.5, 0.6) is 5.88 Å². The van der Waals surface area contributed by atoms with Crippen LogP contribution in [0.15, 0.2) is 60.7 Å². The minimum atomic E-state index is -0.128. The van der Waals surface area contributed by atoms with E-state index in [1.54, 1.807) is 19.2 Å². The Bertz CT molecular complexity index is 849. The van der Waals surface area contributed by atoms with E-state index in [4.69, 9.17) is 4.74 Å². The normalized spacial score (nSPS) is 10.2. The first-order chi connectivity index (χ1) is 11.7. The van der Waals surface area contributed by atoms with Crippen molar-refractivity contribution in [3.8, 4) is 17.1 Å². The summed E-state index contributed by atoms with van der Waals surface area (Å²) < 4.78 is 5.91. The summed E-state index contributed by atoms with van der Waals surface area (Å²) in [5.74, 6) is 0.345. The molecule has 1 amide bonds. The van der Waals surface area contributed by atoms with E-state index in [0.717, 1.165) is 20.5 Å². The lowest BCUT2D eigenvalue weighted by Gasteiger charge is -2.08. The number of halogens is 1. The highest BCUT2D eigenvalue weighted by Gasteiger charge is 2.09. The van der Waals surface area contributed by atoms with E-state index in [1.807, 2.05) is 48.5 Å². The summed E-state index contributed by atoms with van der Waals surface area (Å²) in [5.41, 5.74) is 3.04. The van der Waals surface area contributed by atoms with Crippen LogP contribution in [0.1, 0.15) is 10.4 Å². The van der Waals surface area contributed by atoms with Gasteiger partial charge in [0.1, 0.15) is 0 Å². The number of nitrogens with one attached hydrogen (secondary N) is 1. The average Bonchev–Trinajstić information content (AvgIpc) is 2.63. The lowest BCUT2D eigenvalue weighted by Crippen LogP contribution is -2.13. The molecule has 0 bridgehead atoms. The number of rotatable bonds is 4. The van der Waals surface area contributed by atoms with Crippen LogP contribution in [-0.2, 0) is 0 Å². The summed E-state index contributed by atoms with van der Waals surface area (Å²) in [6, 6.07) is 18.5. The van der Waals surface area contributed by atoms with Gasteiger partial charge in [-0.05, 0) is 52.9 Å². The third-order valence-electron chi connectivity index (χ3n) is 3.41. The molecule has 0 aliphatic carbocycles. The van der Waals surface area contributed by atoms with Gasteiger partial charge in [0.05, 0.1) is 18.4 Å². The molecule has 1 aromatic heterocycles. The Morgan fingerprint density at radius 3 is 2.38 bits per heavy atom. The molecular weight excluding hydrogens is 417 g/mol. The summed E-state index contributed by atoms with van der Waals surface area (Å²) in [7, 11) is 1.55. The zero-order chi connectivity index (χ0) is 16.9. The van der Waals surface area contributed by atoms with Gasteiger partial charge in [0.15, 0.2) is 0 Å². The minimum absolute atomic E-state index is 0.128. The minimum Gasteiger partial charge on any atom is -0.480 e. The van der Waals surface area contributed by atoms with Gasteiger partial charge in [-0.25, -0.2) is 0 Å². The number of benzene rings is 2. The van der Waals surface area contributed by atoms with Crippen molar-refractivity contribution in [1.82, 2.24) is 10.2 Å². The number of hydrogen-bond acceptors (Lipinski definition) is 4. The summed E-state index contributed by atoms with van der Waals surface area (Å²) in [5, 5.41) is 11.0. The molecule has 0 atom stereocenters. The Kier molecular flexibility index (Phi) is 5.05. The lowest BCUT2D eigenvalue weighted by atomic mass is 10.1. The molecule has 5 nitrogen and oxygen atoms in total. The Balaban J connectivity index is 1.74. The molecule has 0 unspecified atom stereocenters. The number of hydrogen-bond donors (Lipinski definition) is 1. The largest absolute Gasteiger partial charge is 0.480 e. The molecule has 0 radical (unpaired) electrons. The van der Waals surface area contributed by atoms with E-state index in [0.29, 0.717) is 11.4 Å².